The van der Waals surface area contributed by atoms with Crippen molar-refractivity contribution in [3.8, 4) is 0 Å². The number of aliphatic hydroxyl groups excluding tert-OH is 1. The van der Waals surface area contributed by atoms with Crippen LogP contribution < -0.4 is 0 Å². The summed E-state index contributed by atoms with van der Waals surface area (Å²) in [7, 11) is 2.14. The normalized spacial score (nSPS) is 19.3. The molecule has 1 saturated heterocycles. The minimum Gasteiger partial charge on any atom is -0.444 e. The summed E-state index contributed by atoms with van der Waals surface area (Å²) in [5.74, 6) is 2.47. The van der Waals surface area contributed by atoms with Crippen LogP contribution in [0.1, 0.15) is 37.1 Å². The number of rotatable bonds is 6. The van der Waals surface area contributed by atoms with Crippen LogP contribution >= 0.6 is 0 Å². The highest BCUT2D eigenvalue weighted by Gasteiger charge is 2.21. The number of hydrogen-bond acceptors (Lipinski definition) is 5. The Morgan fingerprint density at radius 3 is 2.57 bits per heavy atom. The van der Waals surface area contributed by atoms with Gasteiger partial charge in [-0.05, 0) is 59.7 Å². The standard InChI is InChI=1S/C16H29N3O2/c1-12(20)9-19-7-5-15(6-8-19)10-18(4)11-16-17-13(2)14(3)21-16/h12,15,20H,5-11H2,1-4H3/t12-/m1/s1. The number of aromatic nitrogens is 1. The zero-order valence-electron chi connectivity index (χ0n) is 13.8. The zero-order chi connectivity index (χ0) is 15.4. The van der Waals surface area contributed by atoms with Gasteiger partial charge in [-0.1, -0.05) is 0 Å². The predicted molar refractivity (Wildman–Crippen MR) is 83.2 cm³/mol. The summed E-state index contributed by atoms with van der Waals surface area (Å²) in [6.07, 6.45) is 2.20. The molecular formula is C16H29N3O2. The summed E-state index contributed by atoms with van der Waals surface area (Å²) in [6.45, 7) is 10.7. The topological polar surface area (TPSA) is 52.7 Å². The molecule has 5 nitrogen and oxygen atoms in total. The van der Waals surface area contributed by atoms with Gasteiger partial charge in [0.1, 0.15) is 5.76 Å². The molecule has 1 aliphatic rings. The Kier molecular flexibility index (Phi) is 5.79. The molecule has 0 aromatic carbocycles. The second kappa shape index (κ2) is 7.38. The van der Waals surface area contributed by atoms with E-state index in [9.17, 15) is 5.11 Å². The first-order chi connectivity index (χ1) is 9.94. The molecule has 1 fully saturated rings. The van der Waals surface area contributed by atoms with E-state index in [1.165, 1.54) is 12.8 Å². The third-order valence-corrected chi connectivity index (χ3v) is 4.28. The van der Waals surface area contributed by atoms with E-state index in [1.54, 1.807) is 0 Å². The Morgan fingerprint density at radius 1 is 1.38 bits per heavy atom. The van der Waals surface area contributed by atoms with Gasteiger partial charge in [-0.3, -0.25) is 4.90 Å². The van der Waals surface area contributed by atoms with Crippen molar-refractivity contribution in [2.24, 2.45) is 5.92 Å². The van der Waals surface area contributed by atoms with Crippen LogP contribution in [0, 0.1) is 19.8 Å². The molecule has 0 radical (unpaired) electrons. The number of piperidine rings is 1. The van der Waals surface area contributed by atoms with E-state index in [1.807, 2.05) is 20.8 Å². The SMILES string of the molecule is Cc1nc(CN(C)CC2CCN(C[C@@H](C)O)CC2)oc1C. The van der Waals surface area contributed by atoms with Crippen molar-refractivity contribution in [1.82, 2.24) is 14.8 Å². The maximum absolute atomic E-state index is 9.44. The highest BCUT2D eigenvalue weighted by atomic mass is 16.4. The number of hydrogen-bond donors (Lipinski definition) is 1. The molecule has 0 bridgehead atoms. The van der Waals surface area contributed by atoms with Gasteiger partial charge in [0.2, 0.25) is 5.89 Å². The maximum Gasteiger partial charge on any atom is 0.208 e. The Balaban J connectivity index is 1.73. The molecule has 5 heteroatoms. The molecule has 1 aromatic heterocycles. The Hall–Kier alpha value is -0.910. The Labute approximate surface area is 127 Å². The lowest BCUT2D eigenvalue weighted by molar-refractivity contribution is 0.0910. The minimum absolute atomic E-state index is 0.222. The van der Waals surface area contributed by atoms with E-state index in [2.05, 4.69) is 21.8 Å². The molecule has 0 unspecified atom stereocenters. The number of aliphatic hydroxyl groups is 1. The average Bonchev–Trinajstić information content (AvgIpc) is 2.70. The summed E-state index contributed by atoms with van der Waals surface area (Å²) >= 11 is 0. The number of likely N-dealkylation sites (tertiary alicyclic amines) is 1. The molecule has 1 atom stereocenters. The molecule has 0 spiro atoms. The number of aryl methyl sites for hydroxylation is 2. The van der Waals surface area contributed by atoms with Crippen molar-refractivity contribution in [2.75, 3.05) is 33.2 Å². The second-order valence-corrected chi connectivity index (χ2v) is 6.54. The summed E-state index contributed by atoms with van der Waals surface area (Å²) in [5, 5.41) is 9.44. The van der Waals surface area contributed by atoms with Crippen LogP contribution in [0.4, 0.5) is 0 Å². The van der Waals surface area contributed by atoms with Gasteiger partial charge in [0, 0.05) is 13.1 Å². The molecule has 1 aromatic rings. The fourth-order valence-electron chi connectivity index (χ4n) is 3.07. The van der Waals surface area contributed by atoms with Crippen LogP contribution in [-0.2, 0) is 6.54 Å². The van der Waals surface area contributed by atoms with E-state index in [0.717, 1.165) is 56.0 Å². The van der Waals surface area contributed by atoms with Crippen molar-refractivity contribution >= 4 is 0 Å². The summed E-state index contributed by atoms with van der Waals surface area (Å²) in [4.78, 5) is 9.11. The molecule has 1 N–H and O–H groups in total. The van der Waals surface area contributed by atoms with Gasteiger partial charge in [-0.15, -0.1) is 0 Å². The molecule has 120 valence electrons. The number of nitrogens with zero attached hydrogens (tertiary/aromatic N) is 3. The van der Waals surface area contributed by atoms with Gasteiger partial charge in [0.05, 0.1) is 18.3 Å². The lowest BCUT2D eigenvalue weighted by Crippen LogP contribution is -2.40. The quantitative estimate of drug-likeness (QED) is 0.867. The van der Waals surface area contributed by atoms with E-state index >= 15 is 0 Å². The summed E-state index contributed by atoms with van der Waals surface area (Å²) in [5.41, 5.74) is 0.991. The van der Waals surface area contributed by atoms with Crippen molar-refractivity contribution in [1.29, 1.82) is 0 Å². The van der Waals surface area contributed by atoms with Crippen LogP contribution in [-0.4, -0.2) is 59.2 Å². The van der Waals surface area contributed by atoms with Gasteiger partial charge >= 0.3 is 0 Å². The zero-order valence-corrected chi connectivity index (χ0v) is 13.8. The monoisotopic (exact) mass is 295 g/mol. The van der Waals surface area contributed by atoms with Crippen molar-refractivity contribution in [3.05, 3.63) is 17.3 Å². The highest BCUT2D eigenvalue weighted by Crippen LogP contribution is 2.19. The van der Waals surface area contributed by atoms with Crippen LogP contribution in [0.15, 0.2) is 4.42 Å². The lowest BCUT2D eigenvalue weighted by Gasteiger charge is -2.34. The van der Waals surface area contributed by atoms with Gasteiger partial charge in [-0.2, -0.15) is 0 Å². The van der Waals surface area contributed by atoms with Crippen LogP contribution in [0.25, 0.3) is 0 Å². The van der Waals surface area contributed by atoms with Crippen LogP contribution in [0.2, 0.25) is 0 Å². The maximum atomic E-state index is 9.44. The molecule has 0 aliphatic carbocycles. The molecule has 2 rings (SSSR count). The molecule has 1 aliphatic heterocycles. The van der Waals surface area contributed by atoms with Gasteiger partial charge in [0.15, 0.2) is 0 Å². The third-order valence-electron chi connectivity index (χ3n) is 4.28. The van der Waals surface area contributed by atoms with E-state index in [4.69, 9.17) is 4.42 Å². The number of β-amino-alcohol motifs (C(OH)–C–C–N with tert-alkyl or cyclic N) is 1. The molecule has 0 amide bonds. The van der Waals surface area contributed by atoms with Crippen LogP contribution in [0.5, 0.6) is 0 Å². The van der Waals surface area contributed by atoms with E-state index in [0.29, 0.717) is 0 Å². The van der Waals surface area contributed by atoms with Crippen molar-refractivity contribution in [3.63, 3.8) is 0 Å². The second-order valence-electron chi connectivity index (χ2n) is 6.54. The van der Waals surface area contributed by atoms with Crippen LogP contribution in [0.3, 0.4) is 0 Å². The first kappa shape index (κ1) is 16.5. The first-order valence-corrected chi connectivity index (χ1v) is 7.96. The fourth-order valence-corrected chi connectivity index (χ4v) is 3.07. The molecular weight excluding hydrogens is 266 g/mol. The molecule has 21 heavy (non-hydrogen) atoms. The summed E-state index contributed by atoms with van der Waals surface area (Å²) < 4.78 is 5.65. The highest BCUT2D eigenvalue weighted by molar-refractivity contribution is 5.05. The van der Waals surface area contributed by atoms with Gasteiger partial charge < -0.3 is 14.4 Å². The number of oxazole rings is 1. The molecule has 0 saturated carbocycles. The largest absolute Gasteiger partial charge is 0.444 e. The van der Waals surface area contributed by atoms with Gasteiger partial charge in [-0.25, -0.2) is 4.98 Å². The molecule has 2 heterocycles. The van der Waals surface area contributed by atoms with E-state index in [-0.39, 0.29) is 6.10 Å². The summed E-state index contributed by atoms with van der Waals surface area (Å²) in [6, 6.07) is 0. The van der Waals surface area contributed by atoms with Gasteiger partial charge in [0.25, 0.3) is 0 Å². The Morgan fingerprint density at radius 2 is 2.05 bits per heavy atom. The predicted octanol–water partition coefficient (Wildman–Crippen LogP) is 1.82. The third kappa shape index (κ3) is 5.09. The first-order valence-electron chi connectivity index (χ1n) is 7.96. The van der Waals surface area contributed by atoms with E-state index < -0.39 is 0 Å². The Bertz CT molecular complexity index is 417. The average molecular weight is 295 g/mol. The van der Waals surface area contributed by atoms with Crippen molar-refractivity contribution in [2.45, 2.75) is 46.3 Å². The lowest BCUT2D eigenvalue weighted by atomic mass is 9.96. The minimum atomic E-state index is -0.222. The smallest absolute Gasteiger partial charge is 0.208 e. The van der Waals surface area contributed by atoms with Crippen molar-refractivity contribution < 1.29 is 9.52 Å². The fraction of sp³-hybridized carbons (Fsp3) is 0.812.